The zero-order valence-corrected chi connectivity index (χ0v) is 9.48. The molecule has 1 aliphatic carbocycles. The number of allylic oxidation sites excluding steroid dienone is 6. The molecule has 0 radical (unpaired) electrons. The molecule has 15 heavy (non-hydrogen) atoms. The Balaban J connectivity index is 2.06. The van der Waals surface area contributed by atoms with Crippen LogP contribution in [0.1, 0.15) is 6.42 Å². The number of fused-ring (bicyclic) bond motifs is 1. The quantitative estimate of drug-likeness (QED) is 0.692. The van der Waals surface area contributed by atoms with Gasteiger partial charge in [0.15, 0.2) is 0 Å². The van der Waals surface area contributed by atoms with E-state index >= 15 is 0 Å². The number of hydrogen-bond donors (Lipinski definition) is 0. The van der Waals surface area contributed by atoms with Crippen LogP contribution in [0.15, 0.2) is 47.9 Å². The third-order valence-corrected chi connectivity index (χ3v) is 2.72. The van der Waals surface area contributed by atoms with E-state index in [1.54, 1.807) is 0 Å². The molecule has 80 valence electrons. The van der Waals surface area contributed by atoms with Gasteiger partial charge in [-0.15, -0.1) is 0 Å². The first-order chi connectivity index (χ1) is 7.27. The van der Waals surface area contributed by atoms with Crippen LogP contribution in [0.2, 0.25) is 0 Å². The normalized spacial score (nSPS) is 19.0. The van der Waals surface area contributed by atoms with Gasteiger partial charge in [-0.3, -0.25) is 0 Å². The molecule has 0 N–H and O–H groups in total. The van der Waals surface area contributed by atoms with Crippen LogP contribution in [-0.4, -0.2) is 37.0 Å². The first-order valence-electron chi connectivity index (χ1n) is 5.43. The van der Waals surface area contributed by atoms with Gasteiger partial charge in [-0.1, -0.05) is 18.2 Å². The summed E-state index contributed by atoms with van der Waals surface area (Å²) in [5.41, 5.74) is 2.79. The topological polar surface area (TPSA) is 6.48 Å². The van der Waals surface area contributed by atoms with E-state index in [4.69, 9.17) is 0 Å². The van der Waals surface area contributed by atoms with Gasteiger partial charge in [0.1, 0.15) is 0 Å². The highest BCUT2D eigenvalue weighted by Gasteiger charge is 2.14. The Morgan fingerprint density at radius 3 is 2.93 bits per heavy atom. The Bertz CT molecular complexity index is 346. The fourth-order valence-corrected chi connectivity index (χ4v) is 1.85. The minimum absolute atomic E-state index is 1.06. The second kappa shape index (κ2) is 4.49. The standard InChI is InChI=1S/C13H18N2/c1-14(2)10-11-15-9-5-7-12-6-3-4-8-13(12)15/h3-5,7-9H,6,10-11H2,1-2H3. The summed E-state index contributed by atoms with van der Waals surface area (Å²) in [4.78, 5) is 4.55. The Kier molecular flexibility index (Phi) is 3.07. The maximum atomic E-state index is 2.33. The molecule has 0 atom stereocenters. The van der Waals surface area contributed by atoms with Gasteiger partial charge in [0.25, 0.3) is 0 Å². The first kappa shape index (κ1) is 10.2. The third-order valence-electron chi connectivity index (χ3n) is 2.72. The molecule has 0 amide bonds. The van der Waals surface area contributed by atoms with E-state index in [0.717, 1.165) is 19.5 Å². The lowest BCUT2D eigenvalue weighted by Gasteiger charge is -2.30. The van der Waals surface area contributed by atoms with Gasteiger partial charge in [-0.25, -0.2) is 0 Å². The fraction of sp³-hybridized carbons (Fsp3) is 0.385. The Hall–Kier alpha value is -1.28. The number of rotatable bonds is 3. The van der Waals surface area contributed by atoms with Gasteiger partial charge in [-0.05, 0) is 38.2 Å². The Labute approximate surface area is 91.9 Å². The predicted molar refractivity (Wildman–Crippen MR) is 64.3 cm³/mol. The molecule has 0 aromatic carbocycles. The van der Waals surface area contributed by atoms with Crippen molar-refractivity contribution in [2.45, 2.75) is 6.42 Å². The molecule has 2 rings (SSSR count). The lowest BCUT2D eigenvalue weighted by molar-refractivity contribution is 0.345. The SMILES string of the molecule is CN(C)CCN1C=CC=C2CC=CC=C21. The molecular weight excluding hydrogens is 184 g/mol. The molecule has 0 aromatic rings. The molecule has 1 aliphatic heterocycles. The molecule has 0 saturated carbocycles. The van der Waals surface area contributed by atoms with Crippen molar-refractivity contribution in [1.82, 2.24) is 9.80 Å². The fourth-order valence-electron chi connectivity index (χ4n) is 1.85. The van der Waals surface area contributed by atoms with Crippen molar-refractivity contribution in [3.63, 3.8) is 0 Å². The van der Waals surface area contributed by atoms with E-state index in [1.165, 1.54) is 11.3 Å². The van der Waals surface area contributed by atoms with E-state index in [-0.39, 0.29) is 0 Å². The lowest BCUT2D eigenvalue weighted by atomic mass is 10.0. The average Bonchev–Trinajstić information content (AvgIpc) is 2.26. The van der Waals surface area contributed by atoms with Crippen molar-refractivity contribution in [3.05, 3.63) is 47.9 Å². The molecule has 0 aromatic heterocycles. The molecule has 0 fully saturated rings. The Morgan fingerprint density at radius 2 is 2.13 bits per heavy atom. The Morgan fingerprint density at radius 1 is 1.27 bits per heavy atom. The molecule has 2 aliphatic rings. The number of hydrogen-bond acceptors (Lipinski definition) is 2. The van der Waals surface area contributed by atoms with Gasteiger partial charge in [-0.2, -0.15) is 0 Å². The predicted octanol–water partition coefficient (Wildman–Crippen LogP) is 2.15. The summed E-state index contributed by atoms with van der Waals surface area (Å²) in [6.07, 6.45) is 14.1. The van der Waals surface area contributed by atoms with Crippen LogP contribution in [0.5, 0.6) is 0 Å². The van der Waals surface area contributed by atoms with Gasteiger partial charge >= 0.3 is 0 Å². The highest BCUT2D eigenvalue weighted by Crippen LogP contribution is 2.26. The van der Waals surface area contributed by atoms with Crippen molar-refractivity contribution in [2.24, 2.45) is 0 Å². The summed E-state index contributed by atoms with van der Waals surface area (Å²) in [5.74, 6) is 0. The zero-order chi connectivity index (χ0) is 10.7. The maximum absolute atomic E-state index is 2.33. The second-order valence-electron chi connectivity index (χ2n) is 4.21. The van der Waals surface area contributed by atoms with E-state index in [2.05, 4.69) is 60.5 Å². The largest absolute Gasteiger partial charge is 0.346 e. The van der Waals surface area contributed by atoms with Crippen LogP contribution >= 0.6 is 0 Å². The molecule has 0 bridgehead atoms. The second-order valence-corrected chi connectivity index (χ2v) is 4.21. The van der Waals surface area contributed by atoms with Gasteiger partial charge in [0.05, 0.1) is 0 Å². The minimum atomic E-state index is 1.06. The molecule has 0 spiro atoms. The average molecular weight is 202 g/mol. The molecule has 1 heterocycles. The monoisotopic (exact) mass is 202 g/mol. The third kappa shape index (κ3) is 2.39. The summed E-state index contributed by atoms with van der Waals surface area (Å²) in [5, 5.41) is 0. The number of likely N-dealkylation sites (N-methyl/N-ethyl adjacent to an activating group) is 1. The summed E-state index contributed by atoms with van der Waals surface area (Å²) in [6, 6.07) is 0. The zero-order valence-electron chi connectivity index (χ0n) is 9.48. The minimum Gasteiger partial charge on any atom is -0.346 e. The molecule has 2 heteroatoms. The summed E-state index contributed by atoms with van der Waals surface area (Å²) in [7, 11) is 4.22. The molecule has 0 unspecified atom stereocenters. The van der Waals surface area contributed by atoms with Gasteiger partial charge in [0.2, 0.25) is 0 Å². The van der Waals surface area contributed by atoms with Crippen molar-refractivity contribution < 1.29 is 0 Å². The van der Waals surface area contributed by atoms with Crippen molar-refractivity contribution in [3.8, 4) is 0 Å². The van der Waals surface area contributed by atoms with Crippen LogP contribution < -0.4 is 0 Å². The first-order valence-corrected chi connectivity index (χ1v) is 5.43. The highest BCUT2D eigenvalue weighted by atomic mass is 15.2. The smallest absolute Gasteiger partial charge is 0.0442 e. The van der Waals surface area contributed by atoms with Crippen molar-refractivity contribution >= 4 is 0 Å². The van der Waals surface area contributed by atoms with Crippen LogP contribution in [0, 0.1) is 0 Å². The highest BCUT2D eigenvalue weighted by molar-refractivity contribution is 5.43. The molecule has 0 saturated heterocycles. The van der Waals surface area contributed by atoms with E-state index < -0.39 is 0 Å². The van der Waals surface area contributed by atoms with Gasteiger partial charge in [0, 0.05) is 25.0 Å². The van der Waals surface area contributed by atoms with Crippen molar-refractivity contribution in [1.29, 1.82) is 0 Å². The summed E-state index contributed by atoms with van der Waals surface area (Å²) in [6.45, 7) is 2.14. The summed E-state index contributed by atoms with van der Waals surface area (Å²) < 4.78 is 0. The molecule has 2 nitrogen and oxygen atoms in total. The van der Waals surface area contributed by atoms with E-state index in [0.29, 0.717) is 0 Å². The van der Waals surface area contributed by atoms with Crippen LogP contribution in [0.4, 0.5) is 0 Å². The molecular formula is C13H18N2. The summed E-state index contributed by atoms with van der Waals surface area (Å²) >= 11 is 0. The van der Waals surface area contributed by atoms with E-state index in [9.17, 15) is 0 Å². The lowest BCUT2D eigenvalue weighted by Crippen LogP contribution is -2.29. The van der Waals surface area contributed by atoms with E-state index in [1.807, 2.05) is 0 Å². The van der Waals surface area contributed by atoms with Crippen LogP contribution in [-0.2, 0) is 0 Å². The number of nitrogens with zero attached hydrogens (tertiary/aromatic N) is 2. The van der Waals surface area contributed by atoms with Crippen LogP contribution in [0.25, 0.3) is 0 Å². The van der Waals surface area contributed by atoms with Crippen molar-refractivity contribution in [2.75, 3.05) is 27.2 Å². The van der Waals surface area contributed by atoms with Crippen LogP contribution in [0.3, 0.4) is 0 Å². The van der Waals surface area contributed by atoms with Gasteiger partial charge < -0.3 is 9.80 Å². The maximum Gasteiger partial charge on any atom is 0.0442 e.